The number of methoxy groups -OCH3 is 1. The fourth-order valence-electron chi connectivity index (χ4n) is 2.85. The number of halogens is 2. The molecule has 4 rings (SSSR count). The highest BCUT2D eigenvalue weighted by Crippen LogP contribution is 2.33. The Morgan fingerprint density at radius 3 is 2.48 bits per heavy atom. The van der Waals surface area contributed by atoms with E-state index in [1.165, 1.54) is 0 Å². The van der Waals surface area contributed by atoms with Gasteiger partial charge in [-0.1, -0.05) is 41.9 Å². The number of aromatic nitrogens is 3. The van der Waals surface area contributed by atoms with Gasteiger partial charge in [0.2, 0.25) is 0 Å². The summed E-state index contributed by atoms with van der Waals surface area (Å²) in [6.45, 7) is 0.643. The van der Waals surface area contributed by atoms with Gasteiger partial charge in [-0.25, -0.2) is 9.50 Å². The summed E-state index contributed by atoms with van der Waals surface area (Å²) in [6, 6.07) is 21.7. The van der Waals surface area contributed by atoms with Crippen molar-refractivity contribution in [3.63, 3.8) is 0 Å². The number of hydrogen-bond donors (Lipinski definition) is 0. The summed E-state index contributed by atoms with van der Waals surface area (Å²) >= 11 is 9.69. The van der Waals surface area contributed by atoms with Crippen LogP contribution in [0.15, 0.2) is 71.3 Å². The van der Waals surface area contributed by atoms with Crippen molar-refractivity contribution < 1.29 is 4.74 Å². The van der Waals surface area contributed by atoms with Gasteiger partial charge in [-0.2, -0.15) is 5.10 Å². The number of imidazole rings is 1. The van der Waals surface area contributed by atoms with Gasteiger partial charge in [-0.05, 0) is 57.9 Å². The SMILES string of the molecule is COc1ccc(CN(c2ccccc2)c2nc3ccc(Cl)nn3c2Br)cc1. The maximum Gasteiger partial charge on any atom is 0.169 e. The lowest BCUT2D eigenvalue weighted by atomic mass is 10.2. The summed E-state index contributed by atoms with van der Waals surface area (Å²) in [5.41, 5.74) is 2.88. The number of hydrogen-bond acceptors (Lipinski definition) is 4. The zero-order chi connectivity index (χ0) is 18.8. The standard InChI is InChI=1S/C20H16BrClN4O/c1-27-16-9-7-14(8-10-16)13-25(15-5-3-2-4-6-15)20-19(21)26-18(23-20)12-11-17(22)24-26/h2-12H,13H2,1H3. The molecular weight excluding hydrogens is 428 g/mol. The largest absolute Gasteiger partial charge is 0.497 e. The number of fused-ring (bicyclic) bond motifs is 1. The Kier molecular flexibility index (Phi) is 5.01. The van der Waals surface area contributed by atoms with E-state index in [-0.39, 0.29) is 0 Å². The highest BCUT2D eigenvalue weighted by atomic mass is 79.9. The van der Waals surface area contributed by atoms with Gasteiger partial charge < -0.3 is 9.64 Å². The van der Waals surface area contributed by atoms with Gasteiger partial charge in [0.05, 0.1) is 7.11 Å². The summed E-state index contributed by atoms with van der Waals surface area (Å²) < 4.78 is 7.70. The highest BCUT2D eigenvalue weighted by Gasteiger charge is 2.19. The van der Waals surface area contributed by atoms with Gasteiger partial charge >= 0.3 is 0 Å². The highest BCUT2D eigenvalue weighted by molar-refractivity contribution is 9.10. The molecule has 5 nitrogen and oxygen atoms in total. The molecule has 27 heavy (non-hydrogen) atoms. The average molecular weight is 444 g/mol. The van der Waals surface area contributed by atoms with Crippen LogP contribution in [0, 0.1) is 0 Å². The van der Waals surface area contributed by atoms with Gasteiger partial charge in [0.15, 0.2) is 16.1 Å². The molecule has 0 amide bonds. The van der Waals surface area contributed by atoms with E-state index in [9.17, 15) is 0 Å². The fraction of sp³-hybridized carbons (Fsp3) is 0.100. The Hall–Kier alpha value is -2.57. The van der Waals surface area contributed by atoms with Gasteiger partial charge in [-0.3, -0.25) is 0 Å². The number of anilines is 2. The van der Waals surface area contributed by atoms with E-state index in [1.807, 2.05) is 48.5 Å². The zero-order valence-corrected chi connectivity index (χ0v) is 16.9. The van der Waals surface area contributed by atoms with Crippen molar-refractivity contribution in [2.75, 3.05) is 12.0 Å². The molecule has 136 valence electrons. The first-order chi connectivity index (χ1) is 13.2. The lowest BCUT2D eigenvalue weighted by Crippen LogP contribution is -2.17. The normalized spacial score (nSPS) is 10.9. The van der Waals surface area contributed by atoms with Crippen molar-refractivity contribution in [2.45, 2.75) is 6.54 Å². The van der Waals surface area contributed by atoms with E-state index in [2.05, 4.69) is 38.1 Å². The van der Waals surface area contributed by atoms with Crippen molar-refractivity contribution in [1.82, 2.24) is 14.6 Å². The maximum absolute atomic E-state index is 6.05. The molecule has 2 heterocycles. The molecule has 0 bridgehead atoms. The summed E-state index contributed by atoms with van der Waals surface area (Å²) in [7, 11) is 1.66. The van der Waals surface area contributed by atoms with E-state index < -0.39 is 0 Å². The molecule has 0 aliphatic rings. The van der Waals surface area contributed by atoms with Gasteiger partial charge in [-0.15, -0.1) is 0 Å². The molecular formula is C20H16BrClN4O. The second-order valence-corrected chi connectivity index (χ2v) is 7.06. The van der Waals surface area contributed by atoms with Crippen LogP contribution in [0.1, 0.15) is 5.56 Å². The molecule has 0 radical (unpaired) electrons. The number of nitrogens with zero attached hydrogens (tertiary/aromatic N) is 4. The van der Waals surface area contributed by atoms with E-state index in [0.717, 1.165) is 33.1 Å². The molecule has 0 saturated carbocycles. The van der Waals surface area contributed by atoms with E-state index in [0.29, 0.717) is 11.7 Å². The minimum atomic E-state index is 0.411. The molecule has 0 aliphatic heterocycles. The molecule has 0 saturated heterocycles. The Morgan fingerprint density at radius 1 is 1.04 bits per heavy atom. The van der Waals surface area contributed by atoms with Crippen molar-refractivity contribution >= 4 is 44.7 Å². The third kappa shape index (κ3) is 3.63. The molecule has 0 fully saturated rings. The van der Waals surface area contributed by atoms with Crippen LogP contribution in [-0.2, 0) is 6.54 Å². The van der Waals surface area contributed by atoms with E-state index in [4.69, 9.17) is 21.3 Å². The summed E-state index contributed by atoms with van der Waals surface area (Å²) in [5, 5.41) is 4.74. The second-order valence-electron chi connectivity index (χ2n) is 5.92. The first kappa shape index (κ1) is 17.8. The smallest absolute Gasteiger partial charge is 0.169 e. The lowest BCUT2D eigenvalue weighted by Gasteiger charge is -2.23. The topological polar surface area (TPSA) is 42.7 Å². The Labute approximate surface area is 170 Å². The minimum Gasteiger partial charge on any atom is -0.497 e. The van der Waals surface area contributed by atoms with E-state index in [1.54, 1.807) is 17.7 Å². The van der Waals surface area contributed by atoms with Crippen LogP contribution < -0.4 is 9.64 Å². The number of ether oxygens (including phenoxy) is 1. The van der Waals surface area contributed by atoms with Crippen LogP contribution in [0.5, 0.6) is 5.75 Å². The van der Waals surface area contributed by atoms with Crippen LogP contribution in [0.2, 0.25) is 5.15 Å². The molecule has 2 aromatic heterocycles. The molecule has 7 heteroatoms. The van der Waals surface area contributed by atoms with Crippen molar-refractivity contribution in [2.24, 2.45) is 0 Å². The van der Waals surface area contributed by atoms with E-state index >= 15 is 0 Å². The van der Waals surface area contributed by atoms with Crippen molar-refractivity contribution in [3.05, 3.63) is 82.0 Å². The number of benzene rings is 2. The predicted octanol–water partition coefficient (Wildman–Crippen LogP) is 5.49. The zero-order valence-electron chi connectivity index (χ0n) is 14.5. The first-order valence-electron chi connectivity index (χ1n) is 8.32. The number of rotatable bonds is 5. The van der Waals surface area contributed by atoms with Gasteiger partial charge in [0.25, 0.3) is 0 Å². The molecule has 0 spiro atoms. The molecule has 4 aromatic rings. The second kappa shape index (κ2) is 7.58. The predicted molar refractivity (Wildman–Crippen MR) is 111 cm³/mol. The molecule has 0 aliphatic carbocycles. The van der Waals surface area contributed by atoms with Crippen LogP contribution in [0.4, 0.5) is 11.5 Å². The molecule has 0 N–H and O–H groups in total. The van der Waals surface area contributed by atoms with Crippen molar-refractivity contribution in [1.29, 1.82) is 0 Å². The Morgan fingerprint density at radius 2 is 1.78 bits per heavy atom. The average Bonchev–Trinajstić information content (AvgIpc) is 3.03. The third-order valence-corrected chi connectivity index (χ3v) is 5.09. The Balaban J connectivity index is 1.79. The van der Waals surface area contributed by atoms with Crippen LogP contribution in [0.25, 0.3) is 5.65 Å². The van der Waals surface area contributed by atoms with Gasteiger partial charge in [0.1, 0.15) is 10.9 Å². The van der Waals surface area contributed by atoms with Crippen LogP contribution >= 0.6 is 27.5 Å². The monoisotopic (exact) mass is 442 g/mol. The summed E-state index contributed by atoms with van der Waals surface area (Å²) in [5.74, 6) is 1.60. The summed E-state index contributed by atoms with van der Waals surface area (Å²) in [6.07, 6.45) is 0. The third-order valence-electron chi connectivity index (χ3n) is 4.20. The maximum atomic E-state index is 6.05. The lowest BCUT2D eigenvalue weighted by molar-refractivity contribution is 0.414. The molecule has 0 atom stereocenters. The molecule has 0 unspecified atom stereocenters. The number of para-hydroxylation sites is 1. The van der Waals surface area contributed by atoms with Gasteiger partial charge in [0, 0.05) is 12.2 Å². The fourth-order valence-corrected chi connectivity index (χ4v) is 3.56. The summed E-state index contributed by atoms with van der Waals surface area (Å²) in [4.78, 5) is 6.89. The minimum absolute atomic E-state index is 0.411. The quantitative estimate of drug-likeness (QED) is 0.409. The Bertz CT molecular complexity index is 1070. The molecule has 2 aromatic carbocycles. The van der Waals surface area contributed by atoms with Crippen LogP contribution in [-0.4, -0.2) is 21.7 Å². The first-order valence-corrected chi connectivity index (χ1v) is 9.49. The van der Waals surface area contributed by atoms with Crippen LogP contribution in [0.3, 0.4) is 0 Å². The van der Waals surface area contributed by atoms with Crippen molar-refractivity contribution in [3.8, 4) is 5.75 Å².